The summed E-state index contributed by atoms with van der Waals surface area (Å²) >= 11 is 0. The lowest BCUT2D eigenvalue weighted by Gasteiger charge is -2.30. The van der Waals surface area contributed by atoms with Crippen LogP contribution in [0.4, 0.5) is 5.69 Å². The number of anilines is 1. The molecule has 1 atom stereocenters. The lowest BCUT2D eigenvalue weighted by molar-refractivity contribution is -0.144. The maximum absolute atomic E-state index is 12.6. The molecule has 0 aliphatic carbocycles. The van der Waals surface area contributed by atoms with Gasteiger partial charge < -0.3 is 19.3 Å². The van der Waals surface area contributed by atoms with E-state index in [1.165, 1.54) is 4.90 Å². The number of amides is 2. The molecule has 164 valence electrons. The second-order valence-electron chi connectivity index (χ2n) is 7.20. The van der Waals surface area contributed by atoms with Crippen LogP contribution in [-0.2, 0) is 19.1 Å². The van der Waals surface area contributed by atoms with E-state index in [-0.39, 0.29) is 49.4 Å². The fraction of sp³-hybridized carbons (Fsp3) is 0.545. The summed E-state index contributed by atoms with van der Waals surface area (Å²) in [6, 6.07) is 4.94. The van der Waals surface area contributed by atoms with Crippen molar-refractivity contribution in [1.29, 1.82) is 0 Å². The van der Waals surface area contributed by atoms with Crippen LogP contribution in [0.3, 0.4) is 0 Å². The zero-order chi connectivity index (χ0) is 22.3. The van der Waals surface area contributed by atoms with Gasteiger partial charge in [0.05, 0.1) is 18.7 Å². The minimum absolute atomic E-state index is 0.0478. The highest BCUT2D eigenvalue weighted by molar-refractivity contribution is 6.03. The summed E-state index contributed by atoms with van der Waals surface area (Å²) in [7, 11) is 1.64. The van der Waals surface area contributed by atoms with Crippen LogP contribution < -0.4 is 9.64 Å². The van der Waals surface area contributed by atoms with Crippen LogP contribution >= 0.6 is 0 Å². The molecular formula is C22H30N2O6. The molecule has 0 spiro atoms. The second kappa shape index (κ2) is 10.8. The van der Waals surface area contributed by atoms with Gasteiger partial charge in [0.25, 0.3) is 5.91 Å². The summed E-state index contributed by atoms with van der Waals surface area (Å²) in [5.74, 6) is -0.333. The van der Waals surface area contributed by atoms with Crippen molar-refractivity contribution < 1.29 is 28.7 Å². The number of benzene rings is 1. The largest absolute Gasteiger partial charge is 0.479 e. The van der Waals surface area contributed by atoms with Crippen molar-refractivity contribution in [3.8, 4) is 5.75 Å². The second-order valence-corrected chi connectivity index (χ2v) is 7.20. The van der Waals surface area contributed by atoms with E-state index in [0.29, 0.717) is 30.2 Å². The first-order chi connectivity index (χ1) is 14.3. The average molecular weight is 418 g/mol. The van der Waals surface area contributed by atoms with Crippen LogP contribution in [0.15, 0.2) is 18.2 Å². The van der Waals surface area contributed by atoms with Crippen molar-refractivity contribution in [3.05, 3.63) is 23.8 Å². The molecular weight excluding hydrogens is 388 g/mol. The number of esters is 1. The van der Waals surface area contributed by atoms with Gasteiger partial charge in [-0.05, 0) is 38.5 Å². The molecule has 1 unspecified atom stereocenters. The van der Waals surface area contributed by atoms with Gasteiger partial charge in [-0.15, -0.1) is 0 Å². The molecule has 1 heterocycles. The van der Waals surface area contributed by atoms with Gasteiger partial charge in [0.1, 0.15) is 5.75 Å². The fourth-order valence-corrected chi connectivity index (χ4v) is 3.30. The summed E-state index contributed by atoms with van der Waals surface area (Å²) < 4.78 is 10.5. The quantitative estimate of drug-likeness (QED) is 0.428. The Labute approximate surface area is 177 Å². The highest BCUT2D eigenvalue weighted by Crippen LogP contribution is 2.34. The van der Waals surface area contributed by atoms with Gasteiger partial charge in [0.15, 0.2) is 11.9 Å². The fourth-order valence-electron chi connectivity index (χ4n) is 3.30. The number of ketones is 1. The van der Waals surface area contributed by atoms with Crippen molar-refractivity contribution in [1.82, 2.24) is 4.90 Å². The van der Waals surface area contributed by atoms with Gasteiger partial charge in [-0.25, -0.2) is 0 Å². The van der Waals surface area contributed by atoms with Crippen LogP contribution in [0.5, 0.6) is 5.75 Å². The summed E-state index contributed by atoms with van der Waals surface area (Å²) in [5.41, 5.74) is 0.963. The van der Waals surface area contributed by atoms with Crippen molar-refractivity contribution in [2.24, 2.45) is 0 Å². The summed E-state index contributed by atoms with van der Waals surface area (Å²) in [6.07, 6.45) is 0.428. The third-order valence-corrected chi connectivity index (χ3v) is 4.93. The number of hydrogen-bond acceptors (Lipinski definition) is 6. The molecule has 0 radical (unpaired) electrons. The number of ether oxygens (including phenoxy) is 2. The number of fused-ring (bicyclic) bond motifs is 1. The smallest absolute Gasteiger partial charge is 0.307 e. The Morgan fingerprint density at radius 3 is 2.53 bits per heavy atom. The number of hydrogen-bond donors (Lipinski definition) is 0. The highest BCUT2D eigenvalue weighted by Gasteiger charge is 2.29. The normalized spacial score (nSPS) is 15.3. The van der Waals surface area contributed by atoms with Gasteiger partial charge >= 0.3 is 5.97 Å². The Kier molecular flexibility index (Phi) is 8.38. The number of carbonyl (C=O) groups excluding carboxylic acids is 4. The van der Waals surface area contributed by atoms with Crippen LogP contribution in [0.25, 0.3) is 0 Å². The van der Waals surface area contributed by atoms with E-state index in [1.807, 2.05) is 6.92 Å². The molecule has 2 amide bonds. The van der Waals surface area contributed by atoms with Crippen LogP contribution in [-0.4, -0.2) is 61.3 Å². The Morgan fingerprint density at radius 2 is 1.87 bits per heavy atom. The number of nitrogens with zero attached hydrogens (tertiary/aromatic N) is 2. The topological polar surface area (TPSA) is 93.2 Å². The molecule has 30 heavy (non-hydrogen) atoms. The first-order valence-corrected chi connectivity index (χ1v) is 10.3. The third kappa shape index (κ3) is 5.81. The van der Waals surface area contributed by atoms with Crippen LogP contribution in [0.2, 0.25) is 0 Å². The third-order valence-electron chi connectivity index (χ3n) is 4.93. The van der Waals surface area contributed by atoms with Crippen LogP contribution in [0, 0.1) is 0 Å². The minimum atomic E-state index is -0.569. The molecule has 8 nitrogen and oxygen atoms in total. The summed E-state index contributed by atoms with van der Waals surface area (Å²) in [5, 5.41) is 0. The van der Waals surface area contributed by atoms with E-state index in [1.54, 1.807) is 44.0 Å². The van der Waals surface area contributed by atoms with Gasteiger partial charge in [-0.3, -0.25) is 19.2 Å². The Balaban J connectivity index is 1.98. The molecule has 0 N–H and O–H groups in total. The molecule has 1 aliphatic rings. The van der Waals surface area contributed by atoms with Crippen LogP contribution in [0.1, 0.15) is 56.8 Å². The number of carbonyl (C=O) groups is 4. The van der Waals surface area contributed by atoms with Crippen molar-refractivity contribution in [3.63, 3.8) is 0 Å². The van der Waals surface area contributed by atoms with E-state index in [0.717, 1.165) is 6.42 Å². The lowest BCUT2D eigenvalue weighted by Crippen LogP contribution is -2.42. The van der Waals surface area contributed by atoms with E-state index in [2.05, 4.69) is 0 Å². The number of rotatable bonds is 10. The highest BCUT2D eigenvalue weighted by atomic mass is 16.5. The zero-order valence-corrected chi connectivity index (χ0v) is 18.1. The predicted molar refractivity (Wildman–Crippen MR) is 112 cm³/mol. The molecule has 0 aromatic heterocycles. The van der Waals surface area contributed by atoms with Gasteiger partial charge in [0, 0.05) is 38.5 Å². The SMILES string of the molecule is CCCN(CCC(=O)OCC)C(=O)CCC(=O)c1ccc2c(c1)N(C)C(=O)C(C)O2. The molecule has 8 heteroatoms. The lowest BCUT2D eigenvalue weighted by atomic mass is 10.0. The first kappa shape index (κ1) is 23.4. The molecule has 2 rings (SSSR count). The Morgan fingerprint density at radius 1 is 1.13 bits per heavy atom. The molecule has 0 saturated heterocycles. The van der Waals surface area contributed by atoms with E-state index < -0.39 is 6.10 Å². The molecule has 1 aromatic rings. The molecule has 1 aromatic carbocycles. The molecule has 0 fully saturated rings. The van der Waals surface area contributed by atoms with Crippen molar-refractivity contribution >= 4 is 29.3 Å². The molecule has 0 bridgehead atoms. The first-order valence-electron chi connectivity index (χ1n) is 10.3. The summed E-state index contributed by atoms with van der Waals surface area (Å²) in [6.45, 7) is 6.47. The number of Topliss-reactive ketones (excluding diaryl/α,β-unsaturated/α-hetero) is 1. The van der Waals surface area contributed by atoms with Gasteiger partial charge in [0.2, 0.25) is 5.91 Å². The molecule has 1 aliphatic heterocycles. The monoisotopic (exact) mass is 418 g/mol. The zero-order valence-electron chi connectivity index (χ0n) is 18.1. The molecule has 0 saturated carbocycles. The average Bonchev–Trinajstić information content (AvgIpc) is 2.73. The van der Waals surface area contributed by atoms with E-state index >= 15 is 0 Å². The maximum atomic E-state index is 12.6. The van der Waals surface area contributed by atoms with Gasteiger partial charge in [-0.1, -0.05) is 6.92 Å². The standard InChI is InChI=1S/C22H30N2O6/c1-5-12-24(13-11-21(27)29-6-2)20(26)10-8-18(25)16-7-9-19-17(14-16)23(4)22(28)15(3)30-19/h7,9,14-15H,5-6,8,10-13H2,1-4H3. The maximum Gasteiger partial charge on any atom is 0.307 e. The Bertz CT molecular complexity index is 807. The summed E-state index contributed by atoms with van der Waals surface area (Å²) in [4.78, 5) is 51.9. The minimum Gasteiger partial charge on any atom is -0.479 e. The predicted octanol–water partition coefficient (Wildman–Crippen LogP) is 2.59. The van der Waals surface area contributed by atoms with E-state index in [9.17, 15) is 19.2 Å². The van der Waals surface area contributed by atoms with E-state index in [4.69, 9.17) is 9.47 Å². The number of likely N-dealkylation sites (N-methyl/N-ethyl adjacent to an activating group) is 1. The van der Waals surface area contributed by atoms with Crippen molar-refractivity contribution in [2.45, 2.75) is 52.6 Å². The van der Waals surface area contributed by atoms with Gasteiger partial charge in [-0.2, -0.15) is 0 Å². The van der Waals surface area contributed by atoms with Crippen molar-refractivity contribution in [2.75, 3.05) is 31.6 Å². The Hall–Kier alpha value is -2.90.